The van der Waals surface area contributed by atoms with Crippen LogP contribution in [0.1, 0.15) is 5.56 Å². The van der Waals surface area contributed by atoms with E-state index in [1.54, 1.807) is 18.2 Å². The lowest BCUT2D eigenvalue weighted by atomic mass is 9.99. The van der Waals surface area contributed by atoms with E-state index in [2.05, 4.69) is 0 Å². The van der Waals surface area contributed by atoms with Crippen LogP contribution in [0.15, 0.2) is 42.5 Å². The zero-order valence-corrected chi connectivity index (χ0v) is 9.89. The maximum atomic E-state index is 12.9. The Hall–Kier alpha value is -1.68. The summed E-state index contributed by atoms with van der Waals surface area (Å²) in [6.07, 6.45) is -4.45. The van der Waals surface area contributed by atoms with Gasteiger partial charge in [-0.2, -0.15) is 13.2 Å². The zero-order chi connectivity index (χ0) is 13.3. The average molecular weight is 272 g/mol. The van der Waals surface area contributed by atoms with Crippen molar-refractivity contribution < 1.29 is 13.2 Å². The Morgan fingerprint density at radius 2 is 1.72 bits per heavy atom. The fourth-order valence-corrected chi connectivity index (χ4v) is 1.89. The van der Waals surface area contributed by atoms with Gasteiger partial charge in [0.05, 0.1) is 5.56 Å². The van der Waals surface area contributed by atoms with Crippen LogP contribution < -0.4 is 5.73 Å². The summed E-state index contributed by atoms with van der Waals surface area (Å²) in [5.41, 5.74) is 5.20. The molecule has 0 aliphatic heterocycles. The van der Waals surface area contributed by atoms with Gasteiger partial charge in [0.25, 0.3) is 0 Å². The maximum Gasteiger partial charge on any atom is 0.417 e. The molecular weight excluding hydrogens is 263 g/mol. The molecule has 2 N–H and O–H groups in total. The minimum atomic E-state index is -4.45. The number of benzene rings is 2. The molecule has 5 heteroatoms. The number of hydrogen-bond acceptors (Lipinski definition) is 1. The molecule has 0 saturated carbocycles. The molecule has 0 aromatic heterocycles. The van der Waals surface area contributed by atoms with Crippen molar-refractivity contribution in [2.75, 3.05) is 5.73 Å². The molecule has 0 unspecified atom stereocenters. The standard InChI is InChI=1S/C13H9ClF3N/c14-9-3-1-2-8(6-9)11-5-4-10(18)7-12(11)13(15,16)17/h1-7H,18H2. The zero-order valence-electron chi connectivity index (χ0n) is 9.13. The number of nitrogens with two attached hydrogens (primary N) is 1. The lowest BCUT2D eigenvalue weighted by Crippen LogP contribution is -2.08. The van der Waals surface area contributed by atoms with Crippen LogP contribution in [-0.4, -0.2) is 0 Å². The quantitative estimate of drug-likeness (QED) is 0.753. The second-order valence-electron chi connectivity index (χ2n) is 3.81. The van der Waals surface area contributed by atoms with Crippen LogP contribution in [0.4, 0.5) is 18.9 Å². The van der Waals surface area contributed by atoms with Gasteiger partial charge in [-0.05, 0) is 35.4 Å². The smallest absolute Gasteiger partial charge is 0.399 e. The van der Waals surface area contributed by atoms with Gasteiger partial charge < -0.3 is 5.73 Å². The summed E-state index contributed by atoms with van der Waals surface area (Å²) in [5.74, 6) is 0. The van der Waals surface area contributed by atoms with Gasteiger partial charge in [0.2, 0.25) is 0 Å². The molecule has 0 amide bonds. The topological polar surface area (TPSA) is 26.0 Å². The third-order valence-electron chi connectivity index (χ3n) is 2.48. The Kier molecular flexibility index (Phi) is 3.22. The molecule has 2 rings (SSSR count). The van der Waals surface area contributed by atoms with Gasteiger partial charge in [-0.1, -0.05) is 29.8 Å². The van der Waals surface area contributed by atoms with Gasteiger partial charge in [-0.15, -0.1) is 0 Å². The van der Waals surface area contributed by atoms with Crippen LogP contribution in [0, 0.1) is 0 Å². The highest BCUT2D eigenvalue weighted by molar-refractivity contribution is 6.30. The molecule has 18 heavy (non-hydrogen) atoms. The van der Waals surface area contributed by atoms with Gasteiger partial charge in [0.1, 0.15) is 0 Å². The highest BCUT2D eigenvalue weighted by atomic mass is 35.5. The molecule has 0 spiro atoms. The predicted molar refractivity (Wildman–Crippen MR) is 66.3 cm³/mol. The maximum absolute atomic E-state index is 12.9. The molecule has 0 aliphatic rings. The van der Waals surface area contributed by atoms with Crippen LogP contribution in [0.3, 0.4) is 0 Å². The van der Waals surface area contributed by atoms with Gasteiger partial charge in [0, 0.05) is 10.7 Å². The molecule has 94 valence electrons. The van der Waals surface area contributed by atoms with E-state index in [-0.39, 0.29) is 11.3 Å². The van der Waals surface area contributed by atoms with E-state index in [9.17, 15) is 13.2 Å². The van der Waals surface area contributed by atoms with E-state index >= 15 is 0 Å². The lowest BCUT2D eigenvalue weighted by Gasteiger charge is -2.14. The van der Waals surface area contributed by atoms with E-state index in [1.165, 1.54) is 18.2 Å². The SMILES string of the molecule is Nc1ccc(-c2cccc(Cl)c2)c(C(F)(F)F)c1. The third-order valence-corrected chi connectivity index (χ3v) is 2.72. The first-order chi connectivity index (χ1) is 8.38. The summed E-state index contributed by atoms with van der Waals surface area (Å²) in [7, 11) is 0. The Bertz CT molecular complexity index is 579. The number of halogens is 4. The lowest BCUT2D eigenvalue weighted by molar-refractivity contribution is -0.137. The van der Waals surface area contributed by atoms with Gasteiger partial charge >= 0.3 is 6.18 Å². The highest BCUT2D eigenvalue weighted by Gasteiger charge is 2.33. The molecule has 0 bridgehead atoms. The first-order valence-corrected chi connectivity index (χ1v) is 5.48. The van der Waals surface area contributed by atoms with Crippen LogP contribution in [0.25, 0.3) is 11.1 Å². The van der Waals surface area contributed by atoms with Gasteiger partial charge in [-0.3, -0.25) is 0 Å². The highest BCUT2D eigenvalue weighted by Crippen LogP contribution is 2.38. The van der Waals surface area contributed by atoms with E-state index in [0.29, 0.717) is 10.6 Å². The molecule has 2 aromatic carbocycles. The minimum Gasteiger partial charge on any atom is -0.399 e. The van der Waals surface area contributed by atoms with Crippen LogP contribution >= 0.6 is 11.6 Å². The van der Waals surface area contributed by atoms with Gasteiger partial charge in [-0.25, -0.2) is 0 Å². The fraction of sp³-hybridized carbons (Fsp3) is 0.0769. The monoisotopic (exact) mass is 271 g/mol. The molecule has 0 saturated heterocycles. The Balaban J connectivity index is 2.64. The first kappa shape index (κ1) is 12.8. The second kappa shape index (κ2) is 4.53. The molecule has 1 nitrogen and oxygen atoms in total. The van der Waals surface area contributed by atoms with Crippen LogP contribution in [-0.2, 0) is 6.18 Å². The first-order valence-electron chi connectivity index (χ1n) is 5.10. The third kappa shape index (κ3) is 2.59. The largest absolute Gasteiger partial charge is 0.417 e. The van der Waals surface area contributed by atoms with E-state index < -0.39 is 11.7 Å². The summed E-state index contributed by atoms with van der Waals surface area (Å²) in [6.45, 7) is 0. The summed E-state index contributed by atoms with van der Waals surface area (Å²) in [6, 6.07) is 9.99. The molecule has 0 atom stereocenters. The van der Waals surface area contributed by atoms with Crippen molar-refractivity contribution in [2.45, 2.75) is 6.18 Å². The minimum absolute atomic E-state index is 0.0687. The number of rotatable bonds is 1. The Morgan fingerprint density at radius 1 is 1.00 bits per heavy atom. The van der Waals surface area contributed by atoms with Crippen LogP contribution in [0.5, 0.6) is 0 Å². The normalized spacial score (nSPS) is 11.6. The predicted octanol–water partition coefficient (Wildman–Crippen LogP) is 4.61. The Labute approximate surface area is 107 Å². The van der Waals surface area contributed by atoms with Crippen molar-refractivity contribution >= 4 is 17.3 Å². The van der Waals surface area contributed by atoms with Crippen LogP contribution in [0.2, 0.25) is 5.02 Å². The Morgan fingerprint density at radius 3 is 2.33 bits per heavy atom. The fourth-order valence-electron chi connectivity index (χ4n) is 1.70. The van der Waals surface area contributed by atoms with E-state index in [1.807, 2.05) is 0 Å². The molecule has 2 aromatic rings. The molecule has 0 aliphatic carbocycles. The summed E-state index contributed by atoms with van der Waals surface area (Å²) in [4.78, 5) is 0. The van der Waals surface area contributed by atoms with Crippen molar-refractivity contribution in [2.24, 2.45) is 0 Å². The molecule has 0 fully saturated rings. The average Bonchev–Trinajstić information content (AvgIpc) is 2.27. The van der Waals surface area contributed by atoms with Crippen molar-refractivity contribution in [3.8, 4) is 11.1 Å². The van der Waals surface area contributed by atoms with Crippen molar-refractivity contribution in [3.63, 3.8) is 0 Å². The number of hydrogen-bond donors (Lipinski definition) is 1. The molecular formula is C13H9ClF3N. The molecule has 0 radical (unpaired) electrons. The second-order valence-corrected chi connectivity index (χ2v) is 4.25. The van der Waals surface area contributed by atoms with Crippen molar-refractivity contribution in [1.29, 1.82) is 0 Å². The number of alkyl halides is 3. The number of nitrogen functional groups attached to an aromatic ring is 1. The summed E-state index contributed by atoms with van der Waals surface area (Å²) in [5, 5.41) is 0.387. The summed E-state index contributed by atoms with van der Waals surface area (Å²) >= 11 is 5.79. The van der Waals surface area contributed by atoms with Crippen molar-refractivity contribution in [1.82, 2.24) is 0 Å². The van der Waals surface area contributed by atoms with Crippen molar-refractivity contribution in [3.05, 3.63) is 53.1 Å². The van der Waals surface area contributed by atoms with E-state index in [4.69, 9.17) is 17.3 Å². The van der Waals surface area contributed by atoms with E-state index in [0.717, 1.165) is 6.07 Å². The summed E-state index contributed by atoms with van der Waals surface area (Å²) < 4.78 is 38.8. The molecule has 0 heterocycles. The van der Waals surface area contributed by atoms with Gasteiger partial charge in [0.15, 0.2) is 0 Å². The number of anilines is 1.